The molecule has 0 bridgehead atoms. The molecule has 0 aromatic heterocycles. The van der Waals surface area contributed by atoms with Crippen molar-refractivity contribution in [3.05, 3.63) is 0 Å². The van der Waals surface area contributed by atoms with Crippen LogP contribution in [0.5, 0.6) is 0 Å². The summed E-state index contributed by atoms with van der Waals surface area (Å²) >= 11 is 0. The number of nitrogens with one attached hydrogen (secondary N) is 1. The molecule has 2 aliphatic rings. The fourth-order valence-electron chi connectivity index (χ4n) is 3.30. The van der Waals surface area contributed by atoms with E-state index < -0.39 is 0 Å². The van der Waals surface area contributed by atoms with Gasteiger partial charge in [0.05, 0.1) is 0 Å². The van der Waals surface area contributed by atoms with Gasteiger partial charge in [0.15, 0.2) is 0 Å². The fraction of sp³-hybridized carbons (Fsp3) is 1.00. The van der Waals surface area contributed by atoms with E-state index in [9.17, 15) is 0 Å². The van der Waals surface area contributed by atoms with Crippen molar-refractivity contribution in [1.82, 2.24) is 20.0 Å². The van der Waals surface area contributed by atoms with E-state index in [0.717, 1.165) is 6.04 Å². The number of piperazine rings is 1. The highest BCUT2D eigenvalue weighted by Crippen LogP contribution is 2.12. The van der Waals surface area contributed by atoms with Gasteiger partial charge in [0.25, 0.3) is 0 Å². The summed E-state index contributed by atoms with van der Waals surface area (Å²) < 4.78 is 0. The third-order valence-corrected chi connectivity index (χ3v) is 4.94. The van der Waals surface area contributed by atoms with Crippen LogP contribution in [0.2, 0.25) is 0 Å². The number of hydrogen-bond donors (Lipinski definition) is 1. The molecule has 2 aliphatic heterocycles. The second kappa shape index (κ2) is 8.32. The maximum Gasteiger partial charge on any atom is 0.0110 e. The molecule has 0 atom stereocenters. The van der Waals surface area contributed by atoms with Crippen molar-refractivity contribution in [3.63, 3.8) is 0 Å². The van der Waals surface area contributed by atoms with Crippen molar-refractivity contribution in [2.24, 2.45) is 0 Å². The smallest absolute Gasteiger partial charge is 0.0110 e. The van der Waals surface area contributed by atoms with Crippen molar-refractivity contribution < 1.29 is 0 Å². The van der Waals surface area contributed by atoms with Gasteiger partial charge in [-0.2, -0.15) is 0 Å². The molecular formula is C16H34N4. The number of rotatable bonds is 6. The summed E-state index contributed by atoms with van der Waals surface area (Å²) in [4.78, 5) is 7.64. The van der Waals surface area contributed by atoms with Crippen molar-refractivity contribution in [2.45, 2.75) is 45.2 Å². The van der Waals surface area contributed by atoms with Crippen LogP contribution in [0.3, 0.4) is 0 Å². The van der Waals surface area contributed by atoms with Crippen molar-refractivity contribution >= 4 is 0 Å². The van der Waals surface area contributed by atoms with E-state index in [0.29, 0.717) is 6.04 Å². The van der Waals surface area contributed by atoms with E-state index in [1.54, 1.807) is 0 Å². The van der Waals surface area contributed by atoms with Gasteiger partial charge in [-0.15, -0.1) is 0 Å². The SMILES string of the molecule is CC(C)N1CCC(NCCCN2CCN(C)CC2)CC1. The van der Waals surface area contributed by atoms with Crippen LogP contribution in [-0.2, 0) is 0 Å². The first kappa shape index (κ1) is 16.2. The fourth-order valence-corrected chi connectivity index (χ4v) is 3.30. The third-order valence-electron chi connectivity index (χ3n) is 4.94. The average Bonchev–Trinajstić information content (AvgIpc) is 2.46. The zero-order valence-electron chi connectivity index (χ0n) is 13.8. The summed E-state index contributed by atoms with van der Waals surface area (Å²) in [6.45, 7) is 14.6. The predicted molar refractivity (Wildman–Crippen MR) is 86.3 cm³/mol. The maximum atomic E-state index is 3.77. The van der Waals surface area contributed by atoms with Crippen LogP contribution >= 0.6 is 0 Å². The number of hydrogen-bond acceptors (Lipinski definition) is 4. The highest BCUT2D eigenvalue weighted by atomic mass is 15.2. The van der Waals surface area contributed by atoms with Gasteiger partial charge in [-0.3, -0.25) is 0 Å². The number of nitrogens with zero attached hydrogens (tertiary/aromatic N) is 3. The molecule has 0 aliphatic carbocycles. The molecule has 0 amide bonds. The third kappa shape index (κ3) is 5.32. The number of piperidine rings is 1. The van der Waals surface area contributed by atoms with Gasteiger partial charge in [-0.05, 0) is 66.3 Å². The van der Waals surface area contributed by atoms with Crippen LogP contribution in [0.15, 0.2) is 0 Å². The zero-order valence-corrected chi connectivity index (χ0v) is 13.8. The van der Waals surface area contributed by atoms with Crippen LogP contribution in [0.1, 0.15) is 33.1 Å². The van der Waals surface area contributed by atoms with Crippen LogP contribution < -0.4 is 5.32 Å². The van der Waals surface area contributed by atoms with Gasteiger partial charge in [0, 0.05) is 38.3 Å². The molecule has 1 N–H and O–H groups in total. The highest BCUT2D eigenvalue weighted by molar-refractivity contribution is 4.79. The molecule has 0 aromatic carbocycles. The lowest BCUT2D eigenvalue weighted by molar-refractivity contribution is 0.147. The Balaban J connectivity index is 1.49. The van der Waals surface area contributed by atoms with Gasteiger partial charge in [-0.25, -0.2) is 0 Å². The van der Waals surface area contributed by atoms with Gasteiger partial charge in [0.1, 0.15) is 0 Å². The largest absolute Gasteiger partial charge is 0.314 e. The van der Waals surface area contributed by atoms with Gasteiger partial charge < -0.3 is 20.0 Å². The van der Waals surface area contributed by atoms with Gasteiger partial charge >= 0.3 is 0 Å². The molecule has 20 heavy (non-hydrogen) atoms. The van der Waals surface area contributed by atoms with Crippen molar-refractivity contribution in [1.29, 1.82) is 0 Å². The molecule has 2 fully saturated rings. The first-order valence-corrected chi connectivity index (χ1v) is 8.53. The van der Waals surface area contributed by atoms with Crippen molar-refractivity contribution in [2.75, 3.05) is 59.4 Å². The molecule has 0 saturated carbocycles. The van der Waals surface area contributed by atoms with E-state index >= 15 is 0 Å². The Morgan fingerprint density at radius 3 is 2.25 bits per heavy atom. The topological polar surface area (TPSA) is 21.8 Å². The lowest BCUT2D eigenvalue weighted by Crippen LogP contribution is -2.46. The average molecular weight is 282 g/mol. The summed E-state index contributed by atoms with van der Waals surface area (Å²) in [6.07, 6.45) is 3.95. The number of likely N-dealkylation sites (tertiary alicyclic amines) is 1. The quantitative estimate of drug-likeness (QED) is 0.736. The zero-order chi connectivity index (χ0) is 14.4. The summed E-state index contributed by atoms with van der Waals surface area (Å²) in [5.41, 5.74) is 0. The van der Waals surface area contributed by atoms with E-state index in [2.05, 4.69) is 40.9 Å². The van der Waals surface area contributed by atoms with Gasteiger partial charge in [-0.1, -0.05) is 0 Å². The Labute approximate surface area is 125 Å². The highest BCUT2D eigenvalue weighted by Gasteiger charge is 2.20. The Morgan fingerprint density at radius 2 is 1.65 bits per heavy atom. The van der Waals surface area contributed by atoms with E-state index in [1.807, 2.05) is 0 Å². The summed E-state index contributed by atoms with van der Waals surface area (Å²) in [7, 11) is 2.22. The minimum atomic E-state index is 0.716. The molecule has 2 saturated heterocycles. The van der Waals surface area contributed by atoms with E-state index in [1.165, 1.54) is 71.6 Å². The molecule has 0 aromatic rings. The normalized spacial score (nSPS) is 24.6. The Hall–Kier alpha value is -0.160. The molecule has 0 radical (unpaired) electrons. The Bertz CT molecular complexity index is 253. The first-order valence-electron chi connectivity index (χ1n) is 8.53. The van der Waals surface area contributed by atoms with Crippen LogP contribution in [0.25, 0.3) is 0 Å². The van der Waals surface area contributed by atoms with E-state index in [4.69, 9.17) is 0 Å². The molecule has 2 rings (SSSR count). The minimum absolute atomic E-state index is 0.716. The summed E-state index contributed by atoms with van der Waals surface area (Å²) in [5.74, 6) is 0. The maximum absolute atomic E-state index is 3.77. The molecule has 2 heterocycles. The molecular weight excluding hydrogens is 248 g/mol. The summed E-state index contributed by atoms with van der Waals surface area (Å²) in [6, 6.07) is 1.48. The Morgan fingerprint density at radius 1 is 1.00 bits per heavy atom. The lowest BCUT2D eigenvalue weighted by Gasteiger charge is -2.35. The minimum Gasteiger partial charge on any atom is -0.314 e. The second-order valence-corrected chi connectivity index (χ2v) is 6.86. The molecule has 118 valence electrons. The summed E-state index contributed by atoms with van der Waals surface area (Å²) in [5, 5.41) is 3.77. The predicted octanol–water partition coefficient (Wildman–Crippen LogP) is 1.09. The lowest BCUT2D eigenvalue weighted by atomic mass is 10.0. The van der Waals surface area contributed by atoms with Crippen molar-refractivity contribution in [3.8, 4) is 0 Å². The van der Waals surface area contributed by atoms with Crippen LogP contribution in [0, 0.1) is 0 Å². The molecule has 0 unspecified atom stereocenters. The first-order chi connectivity index (χ1) is 9.65. The van der Waals surface area contributed by atoms with Crippen LogP contribution in [0.4, 0.5) is 0 Å². The van der Waals surface area contributed by atoms with E-state index in [-0.39, 0.29) is 0 Å². The number of likely N-dealkylation sites (N-methyl/N-ethyl adjacent to an activating group) is 1. The Kier molecular flexibility index (Phi) is 6.75. The standard InChI is InChI=1S/C16H34N4/c1-15(2)20-9-5-16(6-10-20)17-7-4-8-19-13-11-18(3)12-14-19/h15-17H,4-14H2,1-3H3. The second-order valence-electron chi connectivity index (χ2n) is 6.86. The van der Waals surface area contributed by atoms with Crippen LogP contribution in [-0.4, -0.2) is 86.2 Å². The van der Waals surface area contributed by atoms with Gasteiger partial charge in [0.2, 0.25) is 0 Å². The molecule has 4 nitrogen and oxygen atoms in total. The molecule has 4 heteroatoms. The molecule has 0 spiro atoms. The monoisotopic (exact) mass is 282 g/mol.